The zero-order chi connectivity index (χ0) is 15.3. The molecule has 0 atom stereocenters. The van der Waals surface area contributed by atoms with Crippen molar-refractivity contribution in [1.29, 1.82) is 0 Å². The van der Waals surface area contributed by atoms with Crippen LogP contribution in [0.4, 0.5) is 0 Å². The molecule has 0 saturated heterocycles. The molecule has 0 aliphatic heterocycles. The number of likely N-dealkylation sites (N-methyl/N-ethyl adjacent to an activating group) is 2. The molecule has 1 heterocycles. The molecule has 0 radical (unpaired) electrons. The Morgan fingerprint density at radius 1 is 1.43 bits per heavy atom. The molecule has 0 aliphatic rings. The van der Waals surface area contributed by atoms with Crippen LogP contribution in [0.15, 0.2) is 17.2 Å². The summed E-state index contributed by atoms with van der Waals surface area (Å²) in [5.74, 6) is -0.244. The van der Waals surface area contributed by atoms with Gasteiger partial charge in [0.2, 0.25) is 10.0 Å². The van der Waals surface area contributed by atoms with Crippen molar-refractivity contribution in [3.8, 4) is 0 Å². The smallest absolute Gasteiger partial charge is 0.270 e. The average molecular weight is 339 g/mol. The molecule has 1 amide bonds. The summed E-state index contributed by atoms with van der Waals surface area (Å²) < 4.78 is 26.4. The molecule has 122 valence electrons. The van der Waals surface area contributed by atoms with E-state index in [1.165, 1.54) is 17.2 Å². The fraction of sp³-hybridized carbons (Fsp3) is 0.583. The summed E-state index contributed by atoms with van der Waals surface area (Å²) in [7, 11) is -0.111. The van der Waals surface area contributed by atoms with E-state index in [0.29, 0.717) is 13.1 Å². The lowest BCUT2D eigenvalue weighted by Gasteiger charge is -2.15. The predicted octanol–water partition coefficient (Wildman–Crippen LogP) is 0.415. The first-order valence-electron chi connectivity index (χ1n) is 6.38. The van der Waals surface area contributed by atoms with Gasteiger partial charge in [-0.3, -0.25) is 4.79 Å². The fourth-order valence-electron chi connectivity index (χ4n) is 1.62. The Bertz CT molecular complexity index is 557. The molecule has 1 aromatic heterocycles. The van der Waals surface area contributed by atoms with Gasteiger partial charge in [-0.15, -0.1) is 12.4 Å². The highest BCUT2D eigenvalue weighted by Gasteiger charge is 2.20. The largest absolute Gasteiger partial charge is 0.356 e. The highest BCUT2D eigenvalue weighted by atomic mass is 35.5. The number of amides is 1. The number of hydrogen-bond donors (Lipinski definition) is 3. The summed E-state index contributed by atoms with van der Waals surface area (Å²) in [4.78, 5) is 16.4. The molecule has 0 aromatic carbocycles. The van der Waals surface area contributed by atoms with E-state index >= 15 is 0 Å². The van der Waals surface area contributed by atoms with Crippen molar-refractivity contribution in [2.45, 2.75) is 24.8 Å². The number of aromatic amines is 1. The monoisotopic (exact) mass is 338 g/mol. The summed E-state index contributed by atoms with van der Waals surface area (Å²) in [5.41, 5.74) is 0.257. The Morgan fingerprint density at radius 2 is 2.05 bits per heavy atom. The first-order valence-corrected chi connectivity index (χ1v) is 7.87. The third-order valence-corrected chi connectivity index (χ3v) is 4.27. The van der Waals surface area contributed by atoms with Crippen LogP contribution in [0.3, 0.4) is 0 Å². The number of carbonyl (C=O) groups is 1. The zero-order valence-electron chi connectivity index (χ0n) is 12.6. The topological polar surface area (TPSA) is 94.3 Å². The Hall–Kier alpha value is -1.09. The minimum atomic E-state index is -3.58. The number of hydrogen-bond acceptors (Lipinski definition) is 4. The lowest BCUT2D eigenvalue weighted by Crippen LogP contribution is -2.33. The number of nitrogens with zero attached hydrogens (tertiary/aromatic N) is 1. The van der Waals surface area contributed by atoms with Crippen LogP contribution in [0, 0.1) is 0 Å². The van der Waals surface area contributed by atoms with Crippen LogP contribution in [0.1, 0.15) is 24.3 Å². The lowest BCUT2D eigenvalue weighted by molar-refractivity contribution is 0.0791. The number of aromatic nitrogens is 1. The van der Waals surface area contributed by atoms with Crippen LogP contribution in [-0.4, -0.2) is 57.4 Å². The Balaban J connectivity index is 0.00000400. The molecule has 9 heteroatoms. The molecular formula is C12H23ClN4O3S. The first-order chi connectivity index (χ1) is 9.27. The molecule has 3 N–H and O–H groups in total. The van der Waals surface area contributed by atoms with Gasteiger partial charge >= 0.3 is 0 Å². The molecule has 0 unspecified atom stereocenters. The van der Waals surface area contributed by atoms with Crippen molar-refractivity contribution in [2.75, 3.05) is 27.2 Å². The summed E-state index contributed by atoms with van der Waals surface area (Å²) in [5, 5.41) is 2.95. The molecule has 21 heavy (non-hydrogen) atoms. The third-order valence-electron chi connectivity index (χ3n) is 2.63. The van der Waals surface area contributed by atoms with Gasteiger partial charge < -0.3 is 15.2 Å². The Morgan fingerprint density at radius 3 is 2.57 bits per heavy atom. The molecule has 0 spiro atoms. The van der Waals surface area contributed by atoms with Gasteiger partial charge in [0.05, 0.1) is 0 Å². The van der Waals surface area contributed by atoms with Crippen LogP contribution < -0.4 is 10.0 Å². The number of carbonyl (C=O) groups excluding carboxylic acids is 1. The number of nitrogens with one attached hydrogen (secondary N) is 3. The van der Waals surface area contributed by atoms with Crippen LogP contribution in [0.25, 0.3) is 0 Å². The standard InChI is InChI=1S/C12H22N4O3S.ClH/c1-9(2)15-20(18,19)10-7-11(14-8-10)12(17)16(4)6-5-13-3;/h7-9,13-15H,5-6H2,1-4H3;1H. The van der Waals surface area contributed by atoms with Crippen molar-refractivity contribution < 1.29 is 13.2 Å². The molecule has 0 bridgehead atoms. The van der Waals surface area contributed by atoms with Crippen LogP contribution in [0.5, 0.6) is 0 Å². The maximum atomic E-state index is 12.1. The normalized spacial score (nSPS) is 11.3. The highest BCUT2D eigenvalue weighted by molar-refractivity contribution is 7.89. The van der Waals surface area contributed by atoms with E-state index in [1.54, 1.807) is 27.9 Å². The molecular weight excluding hydrogens is 316 g/mol. The maximum absolute atomic E-state index is 12.1. The highest BCUT2D eigenvalue weighted by Crippen LogP contribution is 2.12. The maximum Gasteiger partial charge on any atom is 0.270 e. The second-order valence-electron chi connectivity index (χ2n) is 4.86. The molecule has 0 saturated carbocycles. The van der Waals surface area contributed by atoms with E-state index in [4.69, 9.17) is 0 Å². The van der Waals surface area contributed by atoms with Crippen molar-refractivity contribution in [1.82, 2.24) is 19.9 Å². The van der Waals surface area contributed by atoms with E-state index in [1.807, 2.05) is 0 Å². The predicted molar refractivity (Wildman–Crippen MR) is 84.4 cm³/mol. The molecule has 7 nitrogen and oxygen atoms in total. The molecule has 1 rings (SSSR count). The van der Waals surface area contributed by atoms with E-state index < -0.39 is 10.0 Å². The van der Waals surface area contributed by atoms with Gasteiger partial charge in [0.1, 0.15) is 10.6 Å². The number of halogens is 1. The van der Waals surface area contributed by atoms with E-state index in [-0.39, 0.29) is 34.9 Å². The van der Waals surface area contributed by atoms with Crippen molar-refractivity contribution in [3.63, 3.8) is 0 Å². The summed E-state index contributed by atoms with van der Waals surface area (Å²) >= 11 is 0. The van der Waals surface area contributed by atoms with Crippen molar-refractivity contribution in [2.24, 2.45) is 0 Å². The molecule has 0 fully saturated rings. The zero-order valence-corrected chi connectivity index (χ0v) is 14.3. The average Bonchev–Trinajstić information content (AvgIpc) is 2.83. The first kappa shape index (κ1) is 19.9. The molecule has 0 aliphatic carbocycles. The van der Waals surface area contributed by atoms with Crippen LogP contribution in [0.2, 0.25) is 0 Å². The van der Waals surface area contributed by atoms with E-state index in [2.05, 4.69) is 15.0 Å². The van der Waals surface area contributed by atoms with Gasteiger partial charge in [0, 0.05) is 32.4 Å². The van der Waals surface area contributed by atoms with Crippen molar-refractivity contribution >= 4 is 28.3 Å². The quantitative estimate of drug-likeness (QED) is 0.671. The number of rotatable bonds is 7. The summed E-state index contributed by atoms with van der Waals surface area (Å²) in [6.45, 7) is 4.69. The van der Waals surface area contributed by atoms with Gasteiger partial charge in [-0.1, -0.05) is 0 Å². The number of H-pyrrole nitrogens is 1. The van der Waals surface area contributed by atoms with Gasteiger partial charge in [-0.05, 0) is 27.0 Å². The lowest BCUT2D eigenvalue weighted by atomic mass is 10.3. The number of sulfonamides is 1. The molecule has 1 aromatic rings. The van der Waals surface area contributed by atoms with Crippen LogP contribution >= 0.6 is 12.4 Å². The van der Waals surface area contributed by atoms with E-state index in [9.17, 15) is 13.2 Å². The fourth-order valence-corrected chi connectivity index (χ4v) is 2.86. The van der Waals surface area contributed by atoms with Gasteiger partial charge in [0.25, 0.3) is 5.91 Å². The Kier molecular flexibility index (Phi) is 7.94. The summed E-state index contributed by atoms with van der Waals surface area (Å²) in [6, 6.07) is 1.15. The van der Waals surface area contributed by atoms with Crippen LogP contribution in [-0.2, 0) is 10.0 Å². The Labute approximate surface area is 131 Å². The van der Waals surface area contributed by atoms with Gasteiger partial charge in [0.15, 0.2) is 0 Å². The third kappa shape index (κ3) is 5.66. The van der Waals surface area contributed by atoms with E-state index in [0.717, 1.165) is 0 Å². The van der Waals surface area contributed by atoms with Crippen molar-refractivity contribution in [3.05, 3.63) is 18.0 Å². The second-order valence-corrected chi connectivity index (χ2v) is 6.57. The summed E-state index contributed by atoms with van der Waals surface area (Å²) in [6.07, 6.45) is 1.32. The van der Waals surface area contributed by atoms with Gasteiger partial charge in [-0.2, -0.15) is 0 Å². The van der Waals surface area contributed by atoms with Gasteiger partial charge in [-0.25, -0.2) is 13.1 Å². The SMILES string of the molecule is CNCCN(C)C(=O)c1cc(S(=O)(=O)NC(C)C)c[nH]1.Cl. The minimum Gasteiger partial charge on any atom is -0.356 e. The minimum absolute atomic E-state index is 0. The second kappa shape index (κ2) is 8.38.